The monoisotopic (exact) mass is 800 g/mol. The average Bonchev–Trinajstić information content (AvgIpc) is 3.26. The number of carbonyl (C=O) groups is 2. The number of benzene rings is 6. The van der Waals surface area contributed by atoms with Crippen molar-refractivity contribution in [2.45, 2.75) is 40.5 Å². The Hall–Kier alpha value is -7.06. The van der Waals surface area contributed by atoms with E-state index in [0.29, 0.717) is 26.1 Å². The van der Waals surface area contributed by atoms with Crippen LogP contribution in [-0.4, -0.2) is 38.4 Å². The van der Waals surface area contributed by atoms with Crippen molar-refractivity contribution >= 4 is 46.1 Å². The third-order valence-electron chi connectivity index (χ3n) is 9.92. The SMILES string of the molecule is C=CC(=O)OCCCOc1ccc(N(c2ccc(C)cc2)c2ccc(-c3ccc(N(c4ccc(C)cc4)c4ccc(OCCCOC(=O)C=C)cc4)c(C)c3)cc2C)cc1. The highest BCUT2D eigenvalue weighted by Crippen LogP contribution is 2.41. The summed E-state index contributed by atoms with van der Waals surface area (Å²) in [6.45, 7) is 16.8. The summed E-state index contributed by atoms with van der Waals surface area (Å²) < 4.78 is 22.0. The number of rotatable bonds is 19. The lowest BCUT2D eigenvalue weighted by Crippen LogP contribution is -2.12. The maximum atomic E-state index is 11.3. The second kappa shape index (κ2) is 20.6. The summed E-state index contributed by atoms with van der Waals surface area (Å²) in [6, 6.07) is 46.5. The minimum absolute atomic E-state index is 0.279. The first-order valence-electron chi connectivity index (χ1n) is 20.1. The lowest BCUT2D eigenvalue weighted by atomic mass is 9.98. The van der Waals surface area contributed by atoms with Crippen molar-refractivity contribution in [2.24, 2.45) is 0 Å². The first kappa shape index (κ1) is 42.5. The van der Waals surface area contributed by atoms with Gasteiger partial charge < -0.3 is 28.7 Å². The molecule has 8 nitrogen and oxygen atoms in total. The molecule has 8 heteroatoms. The van der Waals surface area contributed by atoms with Crippen LogP contribution >= 0.6 is 0 Å². The Labute approximate surface area is 353 Å². The summed E-state index contributed by atoms with van der Waals surface area (Å²) in [6.07, 6.45) is 3.49. The molecule has 6 aromatic carbocycles. The molecule has 0 spiro atoms. The minimum atomic E-state index is -0.431. The molecule has 0 heterocycles. The highest BCUT2D eigenvalue weighted by atomic mass is 16.5. The van der Waals surface area contributed by atoms with Gasteiger partial charge in [0.25, 0.3) is 0 Å². The van der Waals surface area contributed by atoms with E-state index in [1.165, 1.54) is 11.1 Å². The Bertz CT molecular complexity index is 2220. The number of aryl methyl sites for hydroxylation is 4. The molecule has 0 N–H and O–H groups in total. The third kappa shape index (κ3) is 11.1. The Morgan fingerprint density at radius 1 is 0.467 bits per heavy atom. The van der Waals surface area contributed by atoms with Gasteiger partial charge in [-0.2, -0.15) is 0 Å². The topological polar surface area (TPSA) is 77.5 Å². The van der Waals surface area contributed by atoms with Crippen LogP contribution in [0.2, 0.25) is 0 Å². The van der Waals surface area contributed by atoms with Crippen LogP contribution < -0.4 is 19.3 Å². The van der Waals surface area contributed by atoms with Gasteiger partial charge in [0.1, 0.15) is 11.5 Å². The Kier molecular flexibility index (Phi) is 14.6. The smallest absolute Gasteiger partial charge is 0.330 e. The van der Waals surface area contributed by atoms with Gasteiger partial charge in [-0.15, -0.1) is 0 Å². The number of ether oxygens (including phenoxy) is 4. The summed E-state index contributed by atoms with van der Waals surface area (Å²) in [5, 5.41) is 0. The number of esters is 2. The van der Waals surface area contributed by atoms with Crippen LogP contribution in [-0.2, 0) is 19.1 Å². The normalized spacial score (nSPS) is 10.7. The van der Waals surface area contributed by atoms with Gasteiger partial charge >= 0.3 is 11.9 Å². The minimum Gasteiger partial charge on any atom is -0.493 e. The quantitative estimate of drug-likeness (QED) is 0.0455. The van der Waals surface area contributed by atoms with E-state index in [2.05, 4.69) is 160 Å². The molecular formula is C52H52N2O6. The van der Waals surface area contributed by atoms with Gasteiger partial charge in [0.05, 0.1) is 26.4 Å². The zero-order chi connectivity index (χ0) is 42.4. The standard InChI is InChI=1S/C52H52N2O6/c1-7-51(55)59-33-9-31-57-47-25-21-45(22-26-47)53(43-17-11-37(3)12-18-43)49-29-15-41(35-39(49)5)42-16-30-50(40(6)36-42)54(44-19-13-38(4)14-20-44)46-23-27-48(28-24-46)58-32-10-34-60-52(56)8-2/h7-8,11-30,35-36H,1-2,9-10,31-34H2,3-6H3. The van der Waals surface area contributed by atoms with Crippen LogP contribution in [0.25, 0.3) is 11.1 Å². The second-order valence-corrected chi connectivity index (χ2v) is 14.5. The highest BCUT2D eigenvalue weighted by molar-refractivity contribution is 5.84. The van der Waals surface area contributed by atoms with Crippen LogP contribution in [0.4, 0.5) is 34.1 Å². The number of hydrogen-bond acceptors (Lipinski definition) is 8. The fraction of sp³-hybridized carbons (Fsp3) is 0.192. The predicted octanol–water partition coefficient (Wildman–Crippen LogP) is 12.5. The van der Waals surface area contributed by atoms with Crippen molar-refractivity contribution in [1.29, 1.82) is 0 Å². The molecule has 0 aliphatic carbocycles. The molecule has 0 aliphatic heterocycles. The number of hydrogen-bond donors (Lipinski definition) is 0. The van der Waals surface area contributed by atoms with Gasteiger partial charge in [0.2, 0.25) is 0 Å². The molecule has 0 atom stereocenters. The Morgan fingerprint density at radius 2 is 0.800 bits per heavy atom. The molecule has 306 valence electrons. The average molecular weight is 801 g/mol. The molecule has 0 bridgehead atoms. The molecule has 60 heavy (non-hydrogen) atoms. The van der Waals surface area contributed by atoms with Crippen LogP contribution in [0.5, 0.6) is 11.5 Å². The predicted molar refractivity (Wildman–Crippen MR) is 243 cm³/mol. The Balaban J connectivity index is 1.23. The van der Waals surface area contributed by atoms with Crippen molar-refractivity contribution in [3.05, 3.63) is 181 Å². The van der Waals surface area contributed by atoms with E-state index in [0.717, 1.165) is 80.0 Å². The summed E-state index contributed by atoms with van der Waals surface area (Å²) in [5.41, 5.74) is 13.1. The molecule has 0 fully saturated rings. The summed E-state index contributed by atoms with van der Waals surface area (Å²) in [4.78, 5) is 27.2. The van der Waals surface area contributed by atoms with Crippen LogP contribution in [0, 0.1) is 27.7 Å². The number of nitrogens with zero attached hydrogens (tertiary/aromatic N) is 2. The summed E-state index contributed by atoms with van der Waals surface area (Å²) in [5.74, 6) is 0.624. The molecule has 0 radical (unpaired) electrons. The van der Waals surface area contributed by atoms with E-state index in [4.69, 9.17) is 18.9 Å². The second-order valence-electron chi connectivity index (χ2n) is 14.5. The van der Waals surface area contributed by atoms with Gasteiger partial charge in [-0.3, -0.25) is 0 Å². The van der Waals surface area contributed by atoms with Crippen LogP contribution in [0.1, 0.15) is 35.1 Å². The first-order chi connectivity index (χ1) is 29.1. The molecule has 0 aromatic heterocycles. The van der Waals surface area contributed by atoms with E-state index in [9.17, 15) is 9.59 Å². The fourth-order valence-corrected chi connectivity index (χ4v) is 6.76. The van der Waals surface area contributed by atoms with Crippen molar-refractivity contribution in [2.75, 3.05) is 36.2 Å². The molecule has 0 saturated carbocycles. The number of carbonyl (C=O) groups excluding carboxylic acids is 2. The first-order valence-corrected chi connectivity index (χ1v) is 20.1. The molecular weight excluding hydrogens is 749 g/mol. The van der Waals surface area contributed by atoms with Crippen molar-refractivity contribution < 1.29 is 28.5 Å². The molecule has 0 aliphatic rings. The lowest BCUT2D eigenvalue weighted by molar-refractivity contribution is -0.138. The lowest BCUT2D eigenvalue weighted by Gasteiger charge is -2.28. The van der Waals surface area contributed by atoms with Crippen LogP contribution in [0.3, 0.4) is 0 Å². The van der Waals surface area contributed by atoms with Gasteiger partial charge in [0, 0.05) is 59.1 Å². The maximum absolute atomic E-state index is 11.3. The zero-order valence-corrected chi connectivity index (χ0v) is 34.9. The maximum Gasteiger partial charge on any atom is 0.330 e. The molecule has 0 unspecified atom stereocenters. The van der Waals surface area contributed by atoms with Crippen LogP contribution in [0.15, 0.2) is 159 Å². The van der Waals surface area contributed by atoms with Gasteiger partial charge in [-0.05, 0) is 147 Å². The van der Waals surface area contributed by atoms with Crippen molar-refractivity contribution in [3.63, 3.8) is 0 Å². The van der Waals surface area contributed by atoms with E-state index >= 15 is 0 Å². The van der Waals surface area contributed by atoms with Gasteiger partial charge in [0.15, 0.2) is 0 Å². The largest absolute Gasteiger partial charge is 0.493 e. The van der Waals surface area contributed by atoms with Crippen molar-refractivity contribution in [1.82, 2.24) is 0 Å². The Morgan fingerprint density at radius 3 is 1.12 bits per heavy atom. The summed E-state index contributed by atoms with van der Waals surface area (Å²) in [7, 11) is 0. The molecule has 6 aromatic rings. The van der Waals surface area contributed by atoms with E-state index in [-0.39, 0.29) is 13.2 Å². The summed E-state index contributed by atoms with van der Waals surface area (Å²) >= 11 is 0. The van der Waals surface area contributed by atoms with Gasteiger partial charge in [-0.25, -0.2) is 9.59 Å². The fourth-order valence-electron chi connectivity index (χ4n) is 6.76. The van der Waals surface area contributed by atoms with E-state index in [1.807, 2.05) is 24.3 Å². The zero-order valence-electron chi connectivity index (χ0n) is 34.9. The van der Waals surface area contributed by atoms with Gasteiger partial charge in [-0.1, -0.05) is 60.7 Å². The van der Waals surface area contributed by atoms with E-state index < -0.39 is 11.9 Å². The van der Waals surface area contributed by atoms with Crippen molar-refractivity contribution in [3.8, 4) is 22.6 Å². The number of anilines is 6. The molecule has 0 amide bonds. The molecule has 6 rings (SSSR count). The van der Waals surface area contributed by atoms with E-state index in [1.54, 1.807) is 0 Å². The highest BCUT2D eigenvalue weighted by Gasteiger charge is 2.18. The third-order valence-corrected chi connectivity index (χ3v) is 9.92. The molecule has 0 saturated heterocycles.